The van der Waals surface area contributed by atoms with Gasteiger partial charge in [-0.05, 0) is 42.3 Å². The summed E-state index contributed by atoms with van der Waals surface area (Å²) in [5, 5.41) is 16.3. The van der Waals surface area contributed by atoms with Crippen LogP contribution in [0, 0.1) is 10.1 Å². The largest absolute Gasteiger partial charge is 0.493 e. The fourth-order valence-corrected chi connectivity index (χ4v) is 3.49. The van der Waals surface area contributed by atoms with Gasteiger partial charge in [0.15, 0.2) is 11.5 Å². The molecule has 3 rings (SSSR count). The minimum atomic E-state index is -0.602. The van der Waals surface area contributed by atoms with Crippen LogP contribution in [0.3, 0.4) is 0 Å². The first-order chi connectivity index (χ1) is 16.3. The van der Waals surface area contributed by atoms with E-state index in [9.17, 15) is 19.7 Å². The van der Waals surface area contributed by atoms with Crippen LogP contribution in [0.15, 0.2) is 60.7 Å². The van der Waals surface area contributed by atoms with Crippen molar-refractivity contribution in [2.24, 2.45) is 0 Å². The molecule has 10 heteroatoms. The van der Waals surface area contributed by atoms with Gasteiger partial charge in [0, 0.05) is 18.7 Å². The number of hydrogen-bond acceptors (Lipinski definition) is 6. The molecule has 0 radical (unpaired) electrons. The highest BCUT2D eigenvalue weighted by Crippen LogP contribution is 2.28. The second-order valence-electron chi connectivity index (χ2n) is 7.12. The maximum atomic E-state index is 12.8. The fourth-order valence-electron chi connectivity index (χ4n) is 3.23. The third-order valence-electron chi connectivity index (χ3n) is 4.98. The van der Waals surface area contributed by atoms with Gasteiger partial charge in [0.1, 0.15) is 0 Å². The number of anilines is 1. The molecule has 2 N–H and O–H groups in total. The summed E-state index contributed by atoms with van der Waals surface area (Å²) >= 11 is 6.04. The van der Waals surface area contributed by atoms with Crippen LogP contribution in [0.5, 0.6) is 11.5 Å². The number of nitrogens with zero attached hydrogens (tertiary/aromatic N) is 1. The van der Waals surface area contributed by atoms with Gasteiger partial charge in [0.25, 0.3) is 17.5 Å². The SMILES string of the molecule is COc1ccc(CCNC(=O)c2ccccc2NC(=O)c2ccc([N+](=O)[O-])cc2Cl)cc1OC. The lowest BCUT2D eigenvalue weighted by Gasteiger charge is -2.13. The highest BCUT2D eigenvalue weighted by Gasteiger charge is 2.18. The van der Waals surface area contributed by atoms with Crippen LogP contribution in [0.2, 0.25) is 5.02 Å². The van der Waals surface area contributed by atoms with Crippen LogP contribution >= 0.6 is 11.6 Å². The molecule has 0 spiro atoms. The number of halogens is 1. The van der Waals surface area contributed by atoms with Crippen LogP contribution in [-0.4, -0.2) is 37.5 Å². The van der Waals surface area contributed by atoms with E-state index in [1.807, 2.05) is 12.1 Å². The number of benzene rings is 3. The molecular weight excluding hydrogens is 462 g/mol. The van der Waals surface area contributed by atoms with Gasteiger partial charge >= 0.3 is 0 Å². The summed E-state index contributed by atoms with van der Waals surface area (Å²) in [7, 11) is 3.11. The Morgan fingerprint density at radius 1 is 0.941 bits per heavy atom. The van der Waals surface area contributed by atoms with Crippen LogP contribution in [0.1, 0.15) is 26.3 Å². The van der Waals surface area contributed by atoms with Gasteiger partial charge in [-0.15, -0.1) is 0 Å². The summed E-state index contributed by atoms with van der Waals surface area (Å²) < 4.78 is 10.5. The predicted octanol–water partition coefficient (Wildman–Crippen LogP) is 4.49. The summed E-state index contributed by atoms with van der Waals surface area (Å²) in [6.45, 7) is 0.352. The number of nitro benzene ring substituents is 1. The summed E-state index contributed by atoms with van der Waals surface area (Å²) in [5.41, 5.74) is 1.32. The Kier molecular flexibility index (Phi) is 8.05. The molecular formula is C24H22ClN3O6. The van der Waals surface area contributed by atoms with Gasteiger partial charge in [-0.3, -0.25) is 19.7 Å². The van der Waals surface area contributed by atoms with E-state index in [-0.39, 0.29) is 33.4 Å². The number of non-ortho nitro benzene ring substituents is 1. The van der Waals surface area contributed by atoms with E-state index in [1.165, 1.54) is 12.1 Å². The molecule has 0 unspecified atom stereocenters. The number of nitro groups is 1. The van der Waals surface area contributed by atoms with Gasteiger partial charge < -0.3 is 20.1 Å². The molecule has 0 saturated heterocycles. The molecule has 0 bridgehead atoms. The third-order valence-corrected chi connectivity index (χ3v) is 5.29. The maximum Gasteiger partial charge on any atom is 0.270 e. The van der Waals surface area contributed by atoms with Gasteiger partial charge in [0.2, 0.25) is 0 Å². The number of rotatable bonds is 9. The van der Waals surface area contributed by atoms with Crippen molar-refractivity contribution >= 4 is 34.8 Å². The van der Waals surface area contributed by atoms with E-state index in [0.717, 1.165) is 11.6 Å². The van der Waals surface area contributed by atoms with Crippen LogP contribution in [0.25, 0.3) is 0 Å². The Bertz CT molecular complexity index is 1230. The smallest absolute Gasteiger partial charge is 0.270 e. The van der Waals surface area contributed by atoms with Crippen molar-refractivity contribution in [3.05, 3.63) is 92.5 Å². The Morgan fingerprint density at radius 3 is 2.35 bits per heavy atom. The zero-order valence-corrected chi connectivity index (χ0v) is 19.2. The zero-order chi connectivity index (χ0) is 24.7. The Morgan fingerprint density at radius 2 is 1.68 bits per heavy atom. The normalized spacial score (nSPS) is 10.3. The quantitative estimate of drug-likeness (QED) is 0.342. The van der Waals surface area contributed by atoms with Crippen molar-refractivity contribution in [2.75, 3.05) is 26.1 Å². The Hall–Kier alpha value is -4.11. The number of ether oxygens (including phenoxy) is 2. The number of methoxy groups -OCH3 is 2. The van der Waals surface area contributed by atoms with Crippen LogP contribution < -0.4 is 20.1 Å². The molecule has 0 aliphatic rings. The van der Waals surface area contributed by atoms with Crippen molar-refractivity contribution in [3.63, 3.8) is 0 Å². The lowest BCUT2D eigenvalue weighted by atomic mass is 10.1. The number of carbonyl (C=O) groups excluding carboxylic acids is 2. The van der Waals surface area contributed by atoms with Crippen molar-refractivity contribution < 1.29 is 24.0 Å². The minimum absolute atomic E-state index is 0.0518. The summed E-state index contributed by atoms with van der Waals surface area (Å²) in [4.78, 5) is 35.7. The van der Waals surface area contributed by atoms with E-state index < -0.39 is 10.8 Å². The van der Waals surface area contributed by atoms with Gasteiger partial charge in [-0.1, -0.05) is 29.8 Å². The molecule has 34 heavy (non-hydrogen) atoms. The monoisotopic (exact) mass is 483 g/mol. The fraction of sp³-hybridized carbons (Fsp3) is 0.167. The lowest BCUT2D eigenvalue weighted by Crippen LogP contribution is -2.27. The Balaban J connectivity index is 1.67. The first kappa shape index (κ1) is 24.5. The molecule has 2 amide bonds. The molecule has 0 fully saturated rings. The first-order valence-electron chi connectivity index (χ1n) is 10.2. The molecule has 0 saturated carbocycles. The average Bonchev–Trinajstić information content (AvgIpc) is 2.83. The number of para-hydroxylation sites is 1. The van der Waals surface area contributed by atoms with Crippen molar-refractivity contribution in [3.8, 4) is 11.5 Å². The second kappa shape index (κ2) is 11.2. The van der Waals surface area contributed by atoms with E-state index in [0.29, 0.717) is 24.5 Å². The lowest BCUT2D eigenvalue weighted by molar-refractivity contribution is -0.384. The summed E-state index contributed by atoms with van der Waals surface area (Å²) in [5.74, 6) is 0.258. The number of carbonyl (C=O) groups is 2. The predicted molar refractivity (Wildman–Crippen MR) is 128 cm³/mol. The molecule has 0 aliphatic heterocycles. The van der Waals surface area contributed by atoms with Crippen molar-refractivity contribution in [2.45, 2.75) is 6.42 Å². The molecule has 3 aromatic rings. The van der Waals surface area contributed by atoms with E-state index in [2.05, 4.69) is 10.6 Å². The number of amides is 2. The summed E-state index contributed by atoms with van der Waals surface area (Å²) in [6, 6.07) is 15.6. The second-order valence-corrected chi connectivity index (χ2v) is 7.52. The maximum absolute atomic E-state index is 12.8. The average molecular weight is 484 g/mol. The van der Waals surface area contributed by atoms with Crippen molar-refractivity contribution in [1.29, 1.82) is 0 Å². The Labute approximate surface area is 200 Å². The third kappa shape index (κ3) is 5.81. The molecule has 176 valence electrons. The molecule has 0 aromatic heterocycles. The number of hydrogen-bond donors (Lipinski definition) is 2. The first-order valence-corrected chi connectivity index (χ1v) is 10.5. The highest BCUT2D eigenvalue weighted by atomic mass is 35.5. The molecule has 0 aliphatic carbocycles. The van der Waals surface area contributed by atoms with E-state index in [1.54, 1.807) is 44.6 Å². The van der Waals surface area contributed by atoms with Gasteiger partial charge in [-0.25, -0.2) is 0 Å². The van der Waals surface area contributed by atoms with Crippen molar-refractivity contribution in [1.82, 2.24) is 5.32 Å². The van der Waals surface area contributed by atoms with E-state index in [4.69, 9.17) is 21.1 Å². The van der Waals surface area contributed by atoms with Gasteiger partial charge in [0.05, 0.1) is 41.0 Å². The van der Waals surface area contributed by atoms with Crippen LogP contribution in [-0.2, 0) is 6.42 Å². The molecule has 3 aromatic carbocycles. The van der Waals surface area contributed by atoms with Crippen LogP contribution in [0.4, 0.5) is 11.4 Å². The zero-order valence-electron chi connectivity index (χ0n) is 18.5. The van der Waals surface area contributed by atoms with Gasteiger partial charge in [-0.2, -0.15) is 0 Å². The molecule has 9 nitrogen and oxygen atoms in total. The topological polar surface area (TPSA) is 120 Å². The van der Waals surface area contributed by atoms with E-state index >= 15 is 0 Å². The highest BCUT2D eigenvalue weighted by molar-refractivity contribution is 6.34. The minimum Gasteiger partial charge on any atom is -0.493 e. The standard InChI is InChI=1S/C24H22ClN3O6/c1-33-21-10-7-15(13-22(21)34-2)11-12-26-23(29)18-5-3-4-6-20(18)27-24(30)17-9-8-16(28(31)32)14-19(17)25/h3-10,13-14H,11-12H2,1-2H3,(H,26,29)(H,27,30). The number of nitrogens with one attached hydrogen (secondary N) is 2. The molecule has 0 heterocycles. The molecule has 0 atom stereocenters. The summed E-state index contributed by atoms with van der Waals surface area (Å²) in [6.07, 6.45) is 0.555.